The number of hydrogen-bond acceptors (Lipinski definition) is 5. The smallest absolute Gasteiger partial charge is 0.373 e. The maximum atomic E-state index is 11.2. The van der Waals surface area contributed by atoms with Crippen LogP contribution in [0, 0.1) is 5.41 Å². The summed E-state index contributed by atoms with van der Waals surface area (Å²) in [5.41, 5.74) is 0.410. The highest BCUT2D eigenvalue weighted by atomic mass is 16.5. The third kappa shape index (κ3) is 3.81. The summed E-state index contributed by atoms with van der Waals surface area (Å²) in [4.78, 5) is 11.2. The zero-order chi connectivity index (χ0) is 13.7. The van der Waals surface area contributed by atoms with Gasteiger partial charge in [0.05, 0.1) is 13.7 Å². The molecule has 19 heavy (non-hydrogen) atoms. The molecule has 0 aromatic carbocycles. The number of rotatable bonds is 8. The van der Waals surface area contributed by atoms with Crippen molar-refractivity contribution in [3.05, 3.63) is 23.7 Å². The number of carbonyl (C=O) groups is 1. The first kappa shape index (κ1) is 14.1. The average molecular weight is 267 g/mol. The molecule has 106 valence electrons. The van der Waals surface area contributed by atoms with Crippen molar-refractivity contribution in [2.75, 3.05) is 27.4 Å². The zero-order valence-corrected chi connectivity index (χ0v) is 11.5. The van der Waals surface area contributed by atoms with Crippen molar-refractivity contribution in [1.29, 1.82) is 0 Å². The van der Waals surface area contributed by atoms with Crippen LogP contribution in [0.4, 0.5) is 0 Å². The van der Waals surface area contributed by atoms with Gasteiger partial charge in [-0.3, -0.25) is 0 Å². The summed E-state index contributed by atoms with van der Waals surface area (Å²) in [5, 5.41) is 3.38. The molecule has 5 nitrogen and oxygen atoms in total. The Hall–Kier alpha value is -1.33. The maximum Gasteiger partial charge on any atom is 0.373 e. The molecule has 1 aromatic heterocycles. The SMILES string of the molecule is COCCC1(CNCc2ccc(C(=O)OC)o2)CC1. The van der Waals surface area contributed by atoms with Crippen molar-refractivity contribution in [2.24, 2.45) is 5.41 Å². The summed E-state index contributed by atoms with van der Waals surface area (Å²) in [7, 11) is 3.08. The molecule has 0 aliphatic heterocycles. The van der Waals surface area contributed by atoms with E-state index in [0.29, 0.717) is 12.0 Å². The van der Waals surface area contributed by atoms with Crippen LogP contribution in [-0.4, -0.2) is 33.3 Å². The molecule has 1 aromatic rings. The lowest BCUT2D eigenvalue weighted by Crippen LogP contribution is -2.24. The number of furan rings is 1. The molecule has 1 heterocycles. The van der Waals surface area contributed by atoms with E-state index in [9.17, 15) is 4.79 Å². The fourth-order valence-corrected chi connectivity index (χ4v) is 2.14. The first-order chi connectivity index (χ1) is 9.19. The molecular weight excluding hydrogens is 246 g/mol. The van der Waals surface area contributed by atoms with Crippen LogP contribution in [0.3, 0.4) is 0 Å². The third-order valence-corrected chi connectivity index (χ3v) is 3.64. The average Bonchev–Trinajstić information content (AvgIpc) is 3.03. The summed E-state index contributed by atoms with van der Waals surface area (Å²) < 4.78 is 15.1. The van der Waals surface area contributed by atoms with Crippen molar-refractivity contribution < 1.29 is 18.7 Å². The molecule has 1 saturated carbocycles. The van der Waals surface area contributed by atoms with Gasteiger partial charge in [0.25, 0.3) is 0 Å². The van der Waals surface area contributed by atoms with Crippen molar-refractivity contribution in [3.63, 3.8) is 0 Å². The van der Waals surface area contributed by atoms with Crippen LogP contribution in [0.5, 0.6) is 0 Å². The molecule has 0 atom stereocenters. The minimum Gasteiger partial charge on any atom is -0.463 e. The molecule has 5 heteroatoms. The topological polar surface area (TPSA) is 60.7 Å². The van der Waals surface area contributed by atoms with Crippen LogP contribution in [-0.2, 0) is 16.0 Å². The Morgan fingerprint density at radius 2 is 2.21 bits per heavy atom. The Balaban J connectivity index is 1.74. The Morgan fingerprint density at radius 3 is 2.84 bits per heavy atom. The molecule has 0 bridgehead atoms. The van der Waals surface area contributed by atoms with E-state index in [1.165, 1.54) is 20.0 Å². The van der Waals surface area contributed by atoms with E-state index in [0.717, 1.165) is 25.3 Å². The van der Waals surface area contributed by atoms with Crippen LogP contribution in [0.15, 0.2) is 16.5 Å². The van der Waals surface area contributed by atoms with Gasteiger partial charge in [0.2, 0.25) is 5.76 Å². The zero-order valence-electron chi connectivity index (χ0n) is 11.5. The fraction of sp³-hybridized carbons (Fsp3) is 0.643. The number of hydrogen-bond donors (Lipinski definition) is 1. The molecular formula is C14H21NO4. The molecule has 0 unspecified atom stereocenters. The van der Waals surface area contributed by atoms with Crippen LogP contribution in [0.2, 0.25) is 0 Å². The van der Waals surface area contributed by atoms with Gasteiger partial charge in [-0.15, -0.1) is 0 Å². The number of methoxy groups -OCH3 is 2. The largest absolute Gasteiger partial charge is 0.463 e. The molecule has 0 saturated heterocycles. The summed E-state index contributed by atoms with van der Waals surface area (Å²) in [6.45, 7) is 2.41. The molecule has 1 N–H and O–H groups in total. The molecule has 0 radical (unpaired) electrons. The van der Waals surface area contributed by atoms with Crippen molar-refractivity contribution in [3.8, 4) is 0 Å². The number of nitrogens with one attached hydrogen (secondary N) is 1. The quantitative estimate of drug-likeness (QED) is 0.730. The van der Waals surface area contributed by atoms with Gasteiger partial charge < -0.3 is 19.2 Å². The van der Waals surface area contributed by atoms with Gasteiger partial charge in [-0.1, -0.05) is 0 Å². The second kappa shape index (κ2) is 6.21. The van der Waals surface area contributed by atoms with Crippen molar-refractivity contribution >= 4 is 5.97 Å². The lowest BCUT2D eigenvalue weighted by molar-refractivity contribution is 0.0562. The van der Waals surface area contributed by atoms with E-state index >= 15 is 0 Å². The maximum absolute atomic E-state index is 11.2. The molecule has 1 fully saturated rings. The van der Waals surface area contributed by atoms with E-state index < -0.39 is 5.97 Å². The standard InChI is InChI=1S/C14H21NO4/c1-17-8-7-14(5-6-14)10-15-9-11-3-4-12(19-11)13(16)18-2/h3-4,15H,5-10H2,1-2H3. The molecule has 0 spiro atoms. The first-order valence-corrected chi connectivity index (χ1v) is 6.56. The van der Waals surface area contributed by atoms with Gasteiger partial charge in [-0.2, -0.15) is 0 Å². The van der Waals surface area contributed by atoms with E-state index in [-0.39, 0.29) is 5.76 Å². The van der Waals surface area contributed by atoms with Gasteiger partial charge in [-0.25, -0.2) is 4.79 Å². The Bertz CT molecular complexity index is 423. The van der Waals surface area contributed by atoms with Crippen LogP contribution < -0.4 is 5.32 Å². The Labute approximate surface area is 113 Å². The lowest BCUT2D eigenvalue weighted by atomic mass is 10.0. The lowest BCUT2D eigenvalue weighted by Gasteiger charge is -2.14. The Kier molecular flexibility index (Phi) is 4.61. The normalized spacial score (nSPS) is 16.3. The minimum atomic E-state index is -0.440. The van der Waals surface area contributed by atoms with Crippen molar-refractivity contribution in [1.82, 2.24) is 5.32 Å². The highest BCUT2D eigenvalue weighted by Gasteiger charge is 2.41. The molecule has 2 rings (SSSR count). The second-order valence-corrected chi connectivity index (χ2v) is 5.10. The predicted molar refractivity (Wildman–Crippen MR) is 69.9 cm³/mol. The van der Waals surface area contributed by atoms with Gasteiger partial charge in [0.15, 0.2) is 0 Å². The first-order valence-electron chi connectivity index (χ1n) is 6.56. The highest BCUT2D eigenvalue weighted by molar-refractivity contribution is 5.86. The van der Waals surface area contributed by atoms with Crippen LogP contribution in [0.1, 0.15) is 35.6 Å². The fourth-order valence-electron chi connectivity index (χ4n) is 2.14. The summed E-state index contributed by atoms with van der Waals surface area (Å²) in [6.07, 6.45) is 3.62. The van der Waals surface area contributed by atoms with Crippen LogP contribution in [0.25, 0.3) is 0 Å². The molecule has 1 aliphatic carbocycles. The second-order valence-electron chi connectivity index (χ2n) is 5.10. The van der Waals surface area contributed by atoms with Crippen LogP contribution >= 0.6 is 0 Å². The molecule has 1 aliphatic rings. The highest BCUT2D eigenvalue weighted by Crippen LogP contribution is 2.48. The van der Waals surface area contributed by atoms with Gasteiger partial charge in [-0.05, 0) is 36.8 Å². The van der Waals surface area contributed by atoms with Gasteiger partial charge in [0.1, 0.15) is 5.76 Å². The summed E-state index contributed by atoms with van der Waals surface area (Å²) in [5.74, 6) is 0.563. The monoisotopic (exact) mass is 267 g/mol. The number of ether oxygens (including phenoxy) is 2. The third-order valence-electron chi connectivity index (χ3n) is 3.64. The number of esters is 1. The van der Waals surface area contributed by atoms with Gasteiger partial charge in [0, 0.05) is 20.3 Å². The summed E-state index contributed by atoms with van der Waals surface area (Å²) in [6, 6.07) is 3.44. The van der Waals surface area contributed by atoms with E-state index in [1.807, 2.05) is 0 Å². The van der Waals surface area contributed by atoms with E-state index in [2.05, 4.69) is 10.1 Å². The molecule has 0 amide bonds. The Morgan fingerprint density at radius 1 is 1.42 bits per heavy atom. The minimum absolute atomic E-state index is 0.250. The predicted octanol–water partition coefficient (Wildman–Crippen LogP) is 1.97. The van der Waals surface area contributed by atoms with E-state index in [1.54, 1.807) is 19.2 Å². The van der Waals surface area contributed by atoms with E-state index in [4.69, 9.17) is 9.15 Å². The summed E-state index contributed by atoms with van der Waals surface area (Å²) >= 11 is 0. The number of carbonyl (C=O) groups excluding carboxylic acids is 1. The van der Waals surface area contributed by atoms with Crippen molar-refractivity contribution in [2.45, 2.75) is 25.8 Å². The van der Waals surface area contributed by atoms with Gasteiger partial charge >= 0.3 is 5.97 Å².